The van der Waals surface area contributed by atoms with E-state index >= 15 is 0 Å². The smallest absolute Gasteiger partial charge is 0.387 e. The highest BCUT2D eigenvalue weighted by molar-refractivity contribution is 6.32. The molecule has 0 aliphatic rings. The summed E-state index contributed by atoms with van der Waals surface area (Å²) in [6, 6.07) is 3.37. The Balaban J connectivity index is 2.07. The van der Waals surface area contributed by atoms with Crippen LogP contribution >= 0.6 is 23.2 Å². The van der Waals surface area contributed by atoms with Gasteiger partial charge in [-0.2, -0.15) is 13.9 Å². The average molecular weight is 350 g/mol. The molecule has 1 heterocycles. The number of hydrogen-bond acceptors (Lipinski definition) is 3. The number of anilines is 1. The lowest BCUT2D eigenvalue weighted by molar-refractivity contribution is -0.119. The zero-order valence-corrected chi connectivity index (χ0v) is 12.8. The standard InChI is InChI=1S/C13H11Cl2F2N3O2/c1-7(20-6-8(14)5-18-20)12(21)19-9-2-3-11(10(15)4-9)22-13(16)17/h2-7,13H,1H3,(H,19,21). The van der Waals surface area contributed by atoms with Gasteiger partial charge in [-0.05, 0) is 25.1 Å². The minimum atomic E-state index is -2.97. The minimum absolute atomic E-state index is 0.0344. The predicted molar refractivity (Wildman–Crippen MR) is 78.7 cm³/mol. The maximum atomic E-state index is 12.1. The van der Waals surface area contributed by atoms with Gasteiger partial charge in [-0.1, -0.05) is 23.2 Å². The number of nitrogens with zero attached hydrogens (tertiary/aromatic N) is 2. The van der Waals surface area contributed by atoms with E-state index in [1.807, 2.05) is 0 Å². The molecule has 9 heteroatoms. The van der Waals surface area contributed by atoms with Crippen LogP contribution in [0.3, 0.4) is 0 Å². The molecule has 1 unspecified atom stereocenters. The Morgan fingerprint density at radius 3 is 2.68 bits per heavy atom. The molecule has 1 N–H and O–H groups in total. The molecule has 0 spiro atoms. The van der Waals surface area contributed by atoms with E-state index in [1.54, 1.807) is 6.92 Å². The van der Waals surface area contributed by atoms with Crippen LogP contribution in [-0.2, 0) is 4.79 Å². The van der Waals surface area contributed by atoms with Crippen molar-refractivity contribution in [1.82, 2.24) is 9.78 Å². The molecule has 5 nitrogen and oxygen atoms in total. The fourth-order valence-corrected chi connectivity index (χ4v) is 2.03. The predicted octanol–water partition coefficient (Wildman–Crippen LogP) is 3.99. The van der Waals surface area contributed by atoms with Crippen molar-refractivity contribution in [3.05, 3.63) is 40.6 Å². The molecule has 1 amide bonds. The first-order chi connectivity index (χ1) is 10.4. The first-order valence-electron chi connectivity index (χ1n) is 6.11. The second-order valence-electron chi connectivity index (χ2n) is 4.33. The summed E-state index contributed by atoms with van der Waals surface area (Å²) < 4.78 is 29.9. The van der Waals surface area contributed by atoms with Crippen molar-refractivity contribution >= 4 is 34.8 Å². The molecule has 1 atom stereocenters. The summed E-state index contributed by atoms with van der Waals surface area (Å²) in [4.78, 5) is 12.1. The van der Waals surface area contributed by atoms with E-state index in [0.717, 1.165) is 0 Å². The number of ether oxygens (including phenoxy) is 1. The highest BCUT2D eigenvalue weighted by Crippen LogP contribution is 2.29. The number of hydrogen-bond donors (Lipinski definition) is 1. The molecular formula is C13H11Cl2F2N3O2. The van der Waals surface area contributed by atoms with Gasteiger partial charge in [0.05, 0.1) is 16.2 Å². The second-order valence-corrected chi connectivity index (χ2v) is 5.17. The number of carbonyl (C=O) groups is 1. The lowest BCUT2D eigenvalue weighted by Crippen LogP contribution is -2.24. The van der Waals surface area contributed by atoms with E-state index in [4.69, 9.17) is 23.2 Å². The SMILES string of the molecule is CC(C(=O)Nc1ccc(OC(F)F)c(Cl)c1)n1cc(Cl)cn1. The molecule has 22 heavy (non-hydrogen) atoms. The van der Waals surface area contributed by atoms with E-state index in [1.165, 1.54) is 35.3 Å². The Hall–Kier alpha value is -1.86. The fraction of sp³-hybridized carbons (Fsp3) is 0.231. The van der Waals surface area contributed by atoms with Crippen LogP contribution in [0.1, 0.15) is 13.0 Å². The number of alkyl halides is 2. The number of aromatic nitrogens is 2. The summed E-state index contributed by atoms with van der Waals surface area (Å²) in [5.74, 6) is -0.528. The molecule has 2 rings (SSSR count). The molecule has 0 radical (unpaired) electrons. The topological polar surface area (TPSA) is 56.1 Å². The highest BCUT2D eigenvalue weighted by Gasteiger charge is 2.17. The number of nitrogens with one attached hydrogen (secondary N) is 1. The lowest BCUT2D eigenvalue weighted by atomic mass is 10.2. The molecule has 2 aromatic rings. The Bertz CT molecular complexity index is 679. The van der Waals surface area contributed by atoms with E-state index in [9.17, 15) is 13.6 Å². The zero-order valence-electron chi connectivity index (χ0n) is 11.3. The summed E-state index contributed by atoms with van der Waals surface area (Å²) in [5, 5.41) is 6.92. The summed E-state index contributed by atoms with van der Waals surface area (Å²) in [6.45, 7) is -1.34. The average Bonchev–Trinajstić information content (AvgIpc) is 2.87. The van der Waals surface area contributed by atoms with Gasteiger partial charge in [-0.15, -0.1) is 0 Å². The third-order valence-corrected chi connectivity index (χ3v) is 3.25. The lowest BCUT2D eigenvalue weighted by Gasteiger charge is -2.13. The Morgan fingerprint density at radius 1 is 1.41 bits per heavy atom. The van der Waals surface area contributed by atoms with Crippen molar-refractivity contribution in [3.63, 3.8) is 0 Å². The third kappa shape index (κ3) is 4.08. The largest absolute Gasteiger partial charge is 0.433 e. The van der Waals surface area contributed by atoms with Crippen molar-refractivity contribution in [2.24, 2.45) is 0 Å². The van der Waals surface area contributed by atoms with Gasteiger partial charge < -0.3 is 10.1 Å². The van der Waals surface area contributed by atoms with Crippen LogP contribution in [0.25, 0.3) is 0 Å². The van der Waals surface area contributed by atoms with E-state index in [2.05, 4.69) is 15.2 Å². The summed E-state index contributed by atoms with van der Waals surface area (Å²) in [6.07, 6.45) is 2.93. The quantitative estimate of drug-likeness (QED) is 0.887. The van der Waals surface area contributed by atoms with Crippen molar-refractivity contribution in [2.45, 2.75) is 19.6 Å². The van der Waals surface area contributed by atoms with Gasteiger partial charge in [0.1, 0.15) is 11.8 Å². The number of rotatable bonds is 5. The first kappa shape index (κ1) is 16.5. The normalized spacial score (nSPS) is 12.3. The van der Waals surface area contributed by atoms with Gasteiger partial charge in [0.15, 0.2) is 0 Å². The molecule has 0 aliphatic heterocycles. The third-order valence-electron chi connectivity index (χ3n) is 2.76. The molecule has 0 bridgehead atoms. The van der Waals surface area contributed by atoms with Crippen LogP contribution in [0, 0.1) is 0 Å². The van der Waals surface area contributed by atoms with E-state index < -0.39 is 12.7 Å². The molecule has 1 aromatic heterocycles. The second kappa shape index (κ2) is 6.93. The summed E-state index contributed by atoms with van der Waals surface area (Å²) in [7, 11) is 0. The van der Waals surface area contributed by atoms with E-state index in [0.29, 0.717) is 10.7 Å². The fourth-order valence-electron chi connectivity index (χ4n) is 1.66. The van der Waals surface area contributed by atoms with Crippen LogP contribution in [0.4, 0.5) is 14.5 Å². The maximum absolute atomic E-state index is 12.1. The molecule has 0 saturated carbocycles. The molecule has 1 aromatic carbocycles. The Kier molecular flexibility index (Phi) is 5.20. The van der Waals surface area contributed by atoms with Crippen LogP contribution in [0.2, 0.25) is 10.0 Å². The Labute approximate surface area is 134 Å². The van der Waals surface area contributed by atoms with Crippen LogP contribution in [0.15, 0.2) is 30.6 Å². The first-order valence-corrected chi connectivity index (χ1v) is 6.87. The summed E-state index contributed by atoms with van der Waals surface area (Å²) in [5.41, 5.74) is 0.349. The van der Waals surface area contributed by atoms with Crippen LogP contribution in [-0.4, -0.2) is 22.3 Å². The summed E-state index contributed by atoms with van der Waals surface area (Å²) >= 11 is 11.6. The van der Waals surface area contributed by atoms with Gasteiger partial charge in [0, 0.05) is 11.9 Å². The molecule has 118 valence electrons. The van der Waals surface area contributed by atoms with Crippen molar-refractivity contribution in [2.75, 3.05) is 5.32 Å². The number of halogens is 4. The molecule has 0 fully saturated rings. The number of benzene rings is 1. The van der Waals surface area contributed by atoms with Gasteiger partial charge in [0.2, 0.25) is 5.91 Å². The monoisotopic (exact) mass is 349 g/mol. The maximum Gasteiger partial charge on any atom is 0.387 e. The van der Waals surface area contributed by atoms with Gasteiger partial charge in [0.25, 0.3) is 0 Å². The zero-order chi connectivity index (χ0) is 16.3. The van der Waals surface area contributed by atoms with Gasteiger partial charge in [-0.3, -0.25) is 9.48 Å². The number of amides is 1. The molecule has 0 saturated heterocycles. The number of carbonyl (C=O) groups excluding carboxylic acids is 1. The highest BCUT2D eigenvalue weighted by atomic mass is 35.5. The molecule has 0 aliphatic carbocycles. The Morgan fingerprint density at radius 2 is 2.14 bits per heavy atom. The van der Waals surface area contributed by atoms with Crippen molar-refractivity contribution in [1.29, 1.82) is 0 Å². The van der Waals surface area contributed by atoms with E-state index in [-0.39, 0.29) is 16.7 Å². The van der Waals surface area contributed by atoms with Crippen LogP contribution < -0.4 is 10.1 Å². The molecular weight excluding hydrogens is 339 g/mol. The minimum Gasteiger partial charge on any atom is -0.433 e. The van der Waals surface area contributed by atoms with Crippen LogP contribution in [0.5, 0.6) is 5.75 Å². The van der Waals surface area contributed by atoms with Crippen molar-refractivity contribution < 1.29 is 18.3 Å². The van der Waals surface area contributed by atoms with Gasteiger partial charge >= 0.3 is 6.61 Å². The van der Waals surface area contributed by atoms with Gasteiger partial charge in [-0.25, -0.2) is 0 Å². The van der Waals surface area contributed by atoms with Crippen molar-refractivity contribution in [3.8, 4) is 5.75 Å².